The van der Waals surface area contributed by atoms with Gasteiger partial charge in [0.1, 0.15) is 25.2 Å². The zero-order valence-corrected chi connectivity index (χ0v) is 18.3. The fourth-order valence-corrected chi connectivity index (χ4v) is 3.26. The molecule has 31 heavy (non-hydrogen) atoms. The maximum Gasteiger partial charge on any atom is 0.407 e. The van der Waals surface area contributed by atoms with Crippen molar-refractivity contribution < 1.29 is 23.9 Å². The van der Waals surface area contributed by atoms with E-state index in [1.807, 2.05) is 44.2 Å². The monoisotopic (exact) mass is 432 g/mol. The zero-order chi connectivity index (χ0) is 22.8. The summed E-state index contributed by atoms with van der Waals surface area (Å²) in [5.41, 5.74) is 0.832. The quantitative estimate of drug-likeness (QED) is 0.542. The van der Waals surface area contributed by atoms with E-state index in [1.54, 1.807) is 6.92 Å². The van der Waals surface area contributed by atoms with Crippen LogP contribution in [-0.2, 0) is 25.7 Å². The zero-order valence-electron chi connectivity index (χ0n) is 18.3. The van der Waals surface area contributed by atoms with Crippen LogP contribution in [0.5, 0.6) is 0 Å². The van der Waals surface area contributed by atoms with Crippen LogP contribution in [0.15, 0.2) is 30.3 Å². The molecule has 1 aliphatic rings. The van der Waals surface area contributed by atoms with Crippen LogP contribution in [0, 0.1) is 5.92 Å². The number of alkyl carbamates (subject to hydrolysis) is 1. The fraction of sp³-hybridized carbons (Fsp3) is 0.545. The van der Waals surface area contributed by atoms with Gasteiger partial charge in [0.15, 0.2) is 0 Å². The summed E-state index contributed by atoms with van der Waals surface area (Å²) in [4.78, 5) is 50.5. The van der Waals surface area contributed by atoms with Crippen LogP contribution in [0.25, 0.3) is 0 Å². The Morgan fingerprint density at radius 2 is 1.81 bits per heavy atom. The molecule has 2 rings (SSSR count). The van der Waals surface area contributed by atoms with Crippen LogP contribution in [-0.4, -0.2) is 60.4 Å². The second-order valence-electron chi connectivity index (χ2n) is 8.03. The highest BCUT2D eigenvalue weighted by molar-refractivity contribution is 5.93. The Hall–Kier alpha value is -3.10. The molecule has 0 saturated carbocycles. The van der Waals surface area contributed by atoms with Crippen molar-refractivity contribution in [1.29, 1.82) is 0 Å². The van der Waals surface area contributed by atoms with Crippen molar-refractivity contribution in [2.75, 3.05) is 19.6 Å². The molecule has 1 saturated heterocycles. The smallest absolute Gasteiger partial charge is 0.407 e. The average molecular weight is 433 g/mol. The second kappa shape index (κ2) is 11.9. The lowest BCUT2D eigenvalue weighted by molar-refractivity contribution is -0.141. The van der Waals surface area contributed by atoms with Crippen LogP contribution < -0.4 is 16.0 Å². The van der Waals surface area contributed by atoms with E-state index in [2.05, 4.69) is 16.0 Å². The first-order valence-corrected chi connectivity index (χ1v) is 10.6. The topological polar surface area (TPSA) is 117 Å². The largest absolute Gasteiger partial charge is 0.445 e. The molecule has 1 aromatic carbocycles. The standard InChI is InChI=1S/C22H32N4O5/c1-15(2)12-23-20(28)18-10-7-11-26(18)21(29)16(3)25-19(27)13-24-22(30)31-14-17-8-5-4-6-9-17/h4-6,8-9,15-16,18H,7,10-14H2,1-3H3,(H,23,28)(H,24,30)(H,25,27). The van der Waals surface area contributed by atoms with Gasteiger partial charge in [-0.15, -0.1) is 0 Å². The molecular weight excluding hydrogens is 400 g/mol. The van der Waals surface area contributed by atoms with Crippen LogP contribution in [0.2, 0.25) is 0 Å². The lowest BCUT2D eigenvalue weighted by Gasteiger charge is -2.27. The van der Waals surface area contributed by atoms with Gasteiger partial charge in [-0.1, -0.05) is 44.2 Å². The number of hydrogen-bond acceptors (Lipinski definition) is 5. The molecule has 9 nitrogen and oxygen atoms in total. The minimum Gasteiger partial charge on any atom is -0.445 e. The Morgan fingerprint density at radius 1 is 1.10 bits per heavy atom. The van der Waals surface area contributed by atoms with Crippen molar-refractivity contribution in [3.05, 3.63) is 35.9 Å². The number of benzene rings is 1. The Labute approximate surface area is 182 Å². The maximum absolute atomic E-state index is 12.8. The molecule has 0 aliphatic carbocycles. The van der Waals surface area contributed by atoms with Gasteiger partial charge in [0, 0.05) is 13.1 Å². The fourth-order valence-electron chi connectivity index (χ4n) is 3.26. The van der Waals surface area contributed by atoms with Gasteiger partial charge >= 0.3 is 6.09 Å². The summed E-state index contributed by atoms with van der Waals surface area (Å²) in [5, 5.41) is 7.79. The van der Waals surface area contributed by atoms with E-state index < -0.39 is 24.1 Å². The van der Waals surface area contributed by atoms with E-state index in [0.717, 1.165) is 12.0 Å². The van der Waals surface area contributed by atoms with Crippen molar-refractivity contribution in [2.24, 2.45) is 5.92 Å². The Kier molecular flexibility index (Phi) is 9.30. The van der Waals surface area contributed by atoms with Gasteiger partial charge in [0.05, 0.1) is 0 Å². The molecule has 1 fully saturated rings. The lowest BCUT2D eigenvalue weighted by Crippen LogP contribution is -2.53. The first-order chi connectivity index (χ1) is 14.8. The highest BCUT2D eigenvalue weighted by Crippen LogP contribution is 2.18. The third kappa shape index (κ3) is 7.92. The van der Waals surface area contributed by atoms with Gasteiger partial charge < -0.3 is 25.6 Å². The van der Waals surface area contributed by atoms with E-state index in [-0.39, 0.29) is 25.0 Å². The molecule has 0 aromatic heterocycles. The Balaban J connectivity index is 1.74. The van der Waals surface area contributed by atoms with Crippen molar-refractivity contribution >= 4 is 23.8 Å². The summed E-state index contributed by atoms with van der Waals surface area (Å²) >= 11 is 0. The van der Waals surface area contributed by atoms with Gasteiger partial charge in [-0.3, -0.25) is 14.4 Å². The third-order valence-electron chi connectivity index (χ3n) is 4.88. The molecule has 1 aromatic rings. The highest BCUT2D eigenvalue weighted by atomic mass is 16.5. The van der Waals surface area contributed by atoms with Gasteiger partial charge in [0.2, 0.25) is 17.7 Å². The van der Waals surface area contributed by atoms with Gasteiger partial charge in [-0.2, -0.15) is 0 Å². The molecule has 0 spiro atoms. The van der Waals surface area contributed by atoms with Crippen molar-refractivity contribution in [2.45, 2.75) is 52.3 Å². The summed E-state index contributed by atoms with van der Waals surface area (Å²) in [7, 11) is 0. The van der Waals surface area contributed by atoms with Gasteiger partial charge in [-0.25, -0.2) is 4.79 Å². The van der Waals surface area contributed by atoms with E-state index >= 15 is 0 Å². The predicted molar refractivity (Wildman–Crippen MR) is 115 cm³/mol. The molecule has 1 aliphatic heterocycles. The molecule has 4 amide bonds. The van der Waals surface area contributed by atoms with Crippen LogP contribution >= 0.6 is 0 Å². The molecule has 2 unspecified atom stereocenters. The number of likely N-dealkylation sites (tertiary alicyclic amines) is 1. The first kappa shape index (κ1) is 24.2. The van der Waals surface area contributed by atoms with Crippen molar-refractivity contribution in [3.63, 3.8) is 0 Å². The molecule has 0 radical (unpaired) electrons. The molecule has 2 atom stereocenters. The van der Waals surface area contributed by atoms with E-state index in [4.69, 9.17) is 4.74 Å². The number of carbonyl (C=O) groups excluding carboxylic acids is 4. The van der Waals surface area contributed by atoms with E-state index in [9.17, 15) is 19.2 Å². The van der Waals surface area contributed by atoms with Crippen LogP contribution in [0.4, 0.5) is 4.79 Å². The lowest BCUT2D eigenvalue weighted by atomic mass is 10.1. The number of rotatable bonds is 9. The van der Waals surface area contributed by atoms with Crippen molar-refractivity contribution in [1.82, 2.24) is 20.9 Å². The maximum atomic E-state index is 12.8. The SMILES string of the molecule is CC(C)CNC(=O)C1CCCN1C(=O)C(C)NC(=O)CNC(=O)OCc1ccccc1. The van der Waals surface area contributed by atoms with Crippen LogP contribution in [0.1, 0.15) is 39.2 Å². The van der Waals surface area contributed by atoms with Crippen molar-refractivity contribution in [3.8, 4) is 0 Å². The minimum atomic E-state index is -0.812. The van der Waals surface area contributed by atoms with E-state index in [1.165, 1.54) is 4.90 Å². The normalized spacial score (nSPS) is 16.5. The number of hydrogen-bond donors (Lipinski definition) is 3. The number of nitrogens with one attached hydrogen (secondary N) is 3. The molecule has 3 N–H and O–H groups in total. The van der Waals surface area contributed by atoms with Crippen LogP contribution in [0.3, 0.4) is 0 Å². The Morgan fingerprint density at radius 3 is 2.48 bits per heavy atom. The third-order valence-corrected chi connectivity index (χ3v) is 4.88. The van der Waals surface area contributed by atoms with Gasteiger partial charge in [0.25, 0.3) is 0 Å². The second-order valence-corrected chi connectivity index (χ2v) is 8.03. The molecule has 0 bridgehead atoms. The molecule has 1 heterocycles. The number of nitrogens with zero attached hydrogens (tertiary/aromatic N) is 1. The summed E-state index contributed by atoms with van der Waals surface area (Å²) in [5.74, 6) is -0.680. The first-order valence-electron chi connectivity index (χ1n) is 10.6. The number of carbonyl (C=O) groups is 4. The molecule has 170 valence electrons. The highest BCUT2D eigenvalue weighted by Gasteiger charge is 2.36. The summed E-state index contributed by atoms with van der Waals surface area (Å²) in [6.45, 7) is 6.37. The Bertz CT molecular complexity index is 768. The average Bonchev–Trinajstić information content (AvgIpc) is 3.24. The minimum absolute atomic E-state index is 0.0956. The number of ether oxygens (including phenoxy) is 1. The number of amides is 4. The summed E-state index contributed by atoms with van der Waals surface area (Å²) < 4.78 is 5.04. The molecular formula is C22H32N4O5. The summed E-state index contributed by atoms with van der Waals surface area (Å²) in [6, 6.07) is 7.84. The predicted octanol–water partition coefficient (Wildman–Crippen LogP) is 1.18. The molecule has 9 heteroatoms. The summed E-state index contributed by atoms with van der Waals surface area (Å²) in [6.07, 6.45) is 0.617. The van der Waals surface area contributed by atoms with Gasteiger partial charge in [-0.05, 0) is 31.2 Å². The van der Waals surface area contributed by atoms with E-state index in [0.29, 0.717) is 25.4 Å².